The molecule has 1 heterocycles. The summed E-state index contributed by atoms with van der Waals surface area (Å²) < 4.78 is 0. The zero-order valence-corrected chi connectivity index (χ0v) is 13.9. The number of nitrogens with zero attached hydrogens (tertiary/aromatic N) is 1. The fraction of sp³-hybridized carbons (Fsp3) is 0.526. The number of carbonyl (C=O) groups is 1. The SMILES string of the molecule is Cc1ccc(C2CCCCN2C(=O)C2=C[C@@H](O)[C@@H](O)[C@H](O)C2)cc1. The van der Waals surface area contributed by atoms with Crippen LogP contribution in [0.25, 0.3) is 0 Å². The Morgan fingerprint density at radius 3 is 2.50 bits per heavy atom. The van der Waals surface area contributed by atoms with Crippen LogP contribution in [0.4, 0.5) is 0 Å². The molecule has 1 aliphatic carbocycles. The smallest absolute Gasteiger partial charge is 0.250 e. The van der Waals surface area contributed by atoms with Crippen molar-refractivity contribution in [1.82, 2.24) is 4.90 Å². The van der Waals surface area contributed by atoms with Gasteiger partial charge in [0, 0.05) is 18.5 Å². The summed E-state index contributed by atoms with van der Waals surface area (Å²) in [4.78, 5) is 14.8. The molecule has 0 spiro atoms. The number of aryl methyl sites for hydroxylation is 1. The van der Waals surface area contributed by atoms with E-state index in [4.69, 9.17) is 0 Å². The highest BCUT2D eigenvalue weighted by Gasteiger charge is 2.35. The third-order valence-corrected chi connectivity index (χ3v) is 5.05. The van der Waals surface area contributed by atoms with Crippen LogP contribution in [-0.4, -0.2) is 51.0 Å². The molecule has 1 amide bonds. The summed E-state index contributed by atoms with van der Waals surface area (Å²) in [6.07, 6.45) is 0.878. The van der Waals surface area contributed by atoms with E-state index in [1.165, 1.54) is 11.6 Å². The van der Waals surface area contributed by atoms with Gasteiger partial charge in [-0.05, 0) is 37.8 Å². The van der Waals surface area contributed by atoms with Gasteiger partial charge in [-0.15, -0.1) is 0 Å². The second-order valence-corrected chi connectivity index (χ2v) is 6.87. The van der Waals surface area contributed by atoms with Gasteiger partial charge in [-0.2, -0.15) is 0 Å². The van der Waals surface area contributed by atoms with Gasteiger partial charge in [0.25, 0.3) is 0 Å². The lowest BCUT2D eigenvalue weighted by Crippen LogP contribution is -2.45. The Morgan fingerprint density at radius 2 is 1.83 bits per heavy atom. The van der Waals surface area contributed by atoms with Gasteiger partial charge in [0.15, 0.2) is 0 Å². The Kier molecular flexibility index (Phi) is 5.04. The predicted octanol–water partition coefficient (Wildman–Crippen LogP) is 1.46. The highest BCUT2D eigenvalue weighted by molar-refractivity contribution is 5.94. The number of carbonyl (C=O) groups excluding carboxylic acids is 1. The van der Waals surface area contributed by atoms with Crippen LogP contribution in [0, 0.1) is 6.92 Å². The number of hydrogen-bond acceptors (Lipinski definition) is 4. The van der Waals surface area contributed by atoms with Crippen molar-refractivity contribution in [3.63, 3.8) is 0 Å². The Labute approximate surface area is 142 Å². The number of likely N-dealkylation sites (tertiary alicyclic amines) is 1. The van der Waals surface area contributed by atoms with Gasteiger partial charge in [-0.3, -0.25) is 4.79 Å². The minimum atomic E-state index is -1.23. The molecule has 1 unspecified atom stereocenters. The second-order valence-electron chi connectivity index (χ2n) is 6.87. The molecule has 0 radical (unpaired) electrons. The van der Waals surface area contributed by atoms with Gasteiger partial charge < -0.3 is 20.2 Å². The molecule has 1 aromatic rings. The topological polar surface area (TPSA) is 81.0 Å². The molecular weight excluding hydrogens is 306 g/mol. The molecule has 0 aromatic heterocycles. The van der Waals surface area contributed by atoms with E-state index in [1.54, 1.807) is 0 Å². The maximum absolute atomic E-state index is 13.0. The van der Waals surface area contributed by atoms with Crippen molar-refractivity contribution in [2.24, 2.45) is 0 Å². The molecule has 5 nitrogen and oxygen atoms in total. The summed E-state index contributed by atoms with van der Waals surface area (Å²) in [5, 5.41) is 29.3. The van der Waals surface area contributed by atoms with E-state index in [0.717, 1.165) is 24.8 Å². The van der Waals surface area contributed by atoms with Crippen LogP contribution in [0.3, 0.4) is 0 Å². The lowest BCUT2D eigenvalue weighted by atomic mass is 9.89. The van der Waals surface area contributed by atoms with Gasteiger partial charge in [0.05, 0.1) is 12.1 Å². The Morgan fingerprint density at radius 1 is 1.12 bits per heavy atom. The highest BCUT2D eigenvalue weighted by Crippen LogP contribution is 2.33. The van der Waals surface area contributed by atoms with Crippen molar-refractivity contribution in [3.05, 3.63) is 47.0 Å². The number of rotatable bonds is 2. The number of benzene rings is 1. The number of aliphatic hydroxyl groups is 3. The van der Waals surface area contributed by atoms with Crippen LogP contribution < -0.4 is 0 Å². The molecule has 1 aromatic carbocycles. The van der Waals surface area contributed by atoms with Crippen LogP contribution in [0.1, 0.15) is 42.9 Å². The van der Waals surface area contributed by atoms with Crippen LogP contribution in [-0.2, 0) is 4.79 Å². The van der Waals surface area contributed by atoms with E-state index in [1.807, 2.05) is 11.8 Å². The molecule has 3 rings (SSSR count). The Hall–Kier alpha value is -1.69. The first-order valence-electron chi connectivity index (χ1n) is 8.60. The fourth-order valence-corrected chi connectivity index (χ4v) is 3.60. The molecule has 0 bridgehead atoms. The largest absolute Gasteiger partial charge is 0.390 e. The van der Waals surface area contributed by atoms with Crippen molar-refractivity contribution >= 4 is 5.91 Å². The van der Waals surface area contributed by atoms with Crippen LogP contribution in [0.5, 0.6) is 0 Å². The van der Waals surface area contributed by atoms with Crippen molar-refractivity contribution in [1.29, 1.82) is 0 Å². The molecule has 4 atom stereocenters. The monoisotopic (exact) mass is 331 g/mol. The van der Waals surface area contributed by atoms with Gasteiger partial charge in [-0.25, -0.2) is 0 Å². The highest BCUT2D eigenvalue weighted by atomic mass is 16.4. The minimum Gasteiger partial charge on any atom is -0.390 e. The molecule has 3 N–H and O–H groups in total. The van der Waals surface area contributed by atoms with Gasteiger partial charge in [-0.1, -0.05) is 29.8 Å². The summed E-state index contributed by atoms with van der Waals surface area (Å²) in [6, 6.07) is 8.25. The van der Waals surface area contributed by atoms with Crippen molar-refractivity contribution in [2.75, 3.05) is 6.54 Å². The van der Waals surface area contributed by atoms with Crippen LogP contribution >= 0.6 is 0 Å². The van der Waals surface area contributed by atoms with E-state index in [9.17, 15) is 20.1 Å². The molecule has 24 heavy (non-hydrogen) atoms. The van der Waals surface area contributed by atoms with E-state index < -0.39 is 18.3 Å². The average Bonchev–Trinajstić information content (AvgIpc) is 2.59. The predicted molar refractivity (Wildman–Crippen MR) is 90.2 cm³/mol. The first-order chi connectivity index (χ1) is 11.5. The summed E-state index contributed by atoms with van der Waals surface area (Å²) >= 11 is 0. The lowest BCUT2D eigenvalue weighted by molar-refractivity contribution is -0.132. The first-order valence-corrected chi connectivity index (χ1v) is 8.60. The normalized spacial score (nSPS) is 30.8. The first kappa shape index (κ1) is 17.1. The molecule has 1 fully saturated rings. The van der Waals surface area contributed by atoms with Gasteiger partial charge in [0.1, 0.15) is 12.2 Å². The number of hydrogen-bond donors (Lipinski definition) is 3. The average molecular weight is 331 g/mol. The van der Waals surface area contributed by atoms with Gasteiger partial charge >= 0.3 is 0 Å². The van der Waals surface area contributed by atoms with Crippen LogP contribution in [0.15, 0.2) is 35.9 Å². The zero-order chi connectivity index (χ0) is 17.3. The maximum atomic E-state index is 13.0. The number of piperidine rings is 1. The fourth-order valence-electron chi connectivity index (χ4n) is 3.60. The number of aliphatic hydroxyl groups excluding tert-OH is 3. The molecule has 0 saturated carbocycles. The summed E-state index contributed by atoms with van der Waals surface area (Å²) in [5.41, 5.74) is 2.69. The van der Waals surface area contributed by atoms with Crippen molar-refractivity contribution in [2.45, 2.75) is 57.0 Å². The van der Waals surface area contributed by atoms with Crippen molar-refractivity contribution < 1.29 is 20.1 Å². The molecule has 2 aliphatic rings. The van der Waals surface area contributed by atoms with E-state index in [0.29, 0.717) is 12.1 Å². The summed E-state index contributed by atoms with van der Waals surface area (Å²) in [5.74, 6) is -0.148. The zero-order valence-electron chi connectivity index (χ0n) is 13.9. The summed E-state index contributed by atoms with van der Waals surface area (Å²) in [6.45, 7) is 2.71. The number of amides is 1. The molecule has 5 heteroatoms. The third-order valence-electron chi connectivity index (χ3n) is 5.05. The van der Waals surface area contributed by atoms with Gasteiger partial charge in [0.2, 0.25) is 5.91 Å². The van der Waals surface area contributed by atoms with E-state index in [-0.39, 0.29) is 18.4 Å². The third kappa shape index (κ3) is 3.38. The second kappa shape index (κ2) is 7.05. The maximum Gasteiger partial charge on any atom is 0.250 e. The summed E-state index contributed by atoms with van der Waals surface area (Å²) in [7, 11) is 0. The van der Waals surface area contributed by atoms with Crippen molar-refractivity contribution in [3.8, 4) is 0 Å². The lowest BCUT2D eigenvalue weighted by Gasteiger charge is -2.38. The minimum absolute atomic E-state index is 0.0221. The van der Waals surface area contributed by atoms with E-state index >= 15 is 0 Å². The standard InChI is InChI=1S/C19H25NO4/c1-12-5-7-13(8-6-12)15-4-2-3-9-20(15)19(24)14-10-16(21)18(23)17(22)11-14/h5-8,10,15-18,21-23H,2-4,9,11H2,1H3/t15?,16-,17-,18-/m1/s1. The molecule has 1 aliphatic heterocycles. The molecule has 1 saturated heterocycles. The quantitative estimate of drug-likeness (QED) is 0.766. The van der Waals surface area contributed by atoms with E-state index in [2.05, 4.69) is 24.3 Å². The van der Waals surface area contributed by atoms with Crippen LogP contribution in [0.2, 0.25) is 0 Å². The molecule has 130 valence electrons. The molecular formula is C19H25NO4. The Balaban J connectivity index is 1.84. The Bertz CT molecular complexity index is 625.